The Morgan fingerprint density at radius 3 is 1.73 bits per heavy atom. The summed E-state index contributed by atoms with van der Waals surface area (Å²) in [7, 11) is 0. The molecule has 0 saturated heterocycles. The summed E-state index contributed by atoms with van der Waals surface area (Å²) < 4.78 is 0. The molecule has 0 aliphatic rings. The van der Waals surface area contributed by atoms with Crippen LogP contribution in [0, 0.1) is 0 Å². The van der Waals surface area contributed by atoms with Crippen LogP contribution < -0.4 is 0 Å². The van der Waals surface area contributed by atoms with Gasteiger partial charge >= 0.3 is 0 Å². The van der Waals surface area contributed by atoms with Gasteiger partial charge in [-0.25, -0.2) is 0 Å². The van der Waals surface area contributed by atoms with E-state index in [0.717, 1.165) is 22.8 Å². The second-order valence-corrected chi connectivity index (χ2v) is 2.96. The van der Waals surface area contributed by atoms with E-state index in [1.54, 1.807) is 12.4 Å². The fourth-order valence-corrected chi connectivity index (χ4v) is 1.38. The summed E-state index contributed by atoms with van der Waals surface area (Å²) in [6.45, 7) is 0. The molecule has 7 nitrogen and oxygen atoms in total. The number of aromatic nitrogens is 7. The zero-order valence-corrected chi connectivity index (χ0v) is 7.60. The number of aromatic amines is 3. The Balaban J connectivity index is 2.15. The lowest BCUT2D eigenvalue weighted by molar-refractivity contribution is 0.939. The van der Waals surface area contributed by atoms with E-state index in [0.29, 0.717) is 0 Å². The van der Waals surface area contributed by atoms with E-state index >= 15 is 0 Å². The number of rotatable bonds is 2. The highest BCUT2D eigenvalue weighted by molar-refractivity contribution is 5.72. The van der Waals surface area contributed by atoms with Gasteiger partial charge < -0.3 is 0 Å². The molecule has 74 valence electrons. The van der Waals surface area contributed by atoms with Gasteiger partial charge in [0, 0.05) is 12.4 Å². The fraction of sp³-hybridized carbons (Fsp3) is 0. The van der Waals surface area contributed by atoms with Crippen molar-refractivity contribution in [1.82, 2.24) is 35.8 Å². The van der Waals surface area contributed by atoms with Crippen LogP contribution in [-0.4, -0.2) is 35.8 Å². The smallest absolute Gasteiger partial charge is 0.140 e. The van der Waals surface area contributed by atoms with Crippen molar-refractivity contribution in [3.05, 3.63) is 24.5 Å². The lowest BCUT2D eigenvalue weighted by atomic mass is 10.2. The van der Waals surface area contributed by atoms with E-state index < -0.39 is 0 Å². The standard InChI is InChI=1S/C8H7N7/c1-3-9-11-5(1)7-8(14-15-13-7)6-2-4-10-12-6/h1-4H,(H,9,11)(H,10,12)(H,13,14,15). The number of nitrogens with zero attached hydrogens (tertiary/aromatic N) is 4. The summed E-state index contributed by atoms with van der Waals surface area (Å²) in [5, 5.41) is 24.1. The van der Waals surface area contributed by atoms with Gasteiger partial charge in [0.2, 0.25) is 0 Å². The Hall–Kier alpha value is -2.44. The highest BCUT2D eigenvalue weighted by Gasteiger charge is 2.13. The predicted molar refractivity (Wildman–Crippen MR) is 51.5 cm³/mol. The molecular formula is C8H7N7. The largest absolute Gasteiger partial charge is 0.276 e. The number of nitrogens with one attached hydrogen (secondary N) is 3. The second-order valence-electron chi connectivity index (χ2n) is 2.96. The molecule has 0 radical (unpaired) electrons. The number of hydrogen-bond acceptors (Lipinski definition) is 4. The summed E-state index contributed by atoms with van der Waals surface area (Å²) >= 11 is 0. The van der Waals surface area contributed by atoms with Crippen molar-refractivity contribution in [1.29, 1.82) is 0 Å². The Morgan fingerprint density at radius 1 is 0.800 bits per heavy atom. The van der Waals surface area contributed by atoms with E-state index in [9.17, 15) is 0 Å². The maximum Gasteiger partial charge on any atom is 0.140 e. The van der Waals surface area contributed by atoms with Crippen molar-refractivity contribution in [2.45, 2.75) is 0 Å². The zero-order valence-electron chi connectivity index (χ0n) is 7.60. The van der Waals surface area contributed by atoms with Crippen LogP contribution in [0.5, 0.6) is 0 Å². The molecule has 3 heterocycles. The van der Waals surface area contributed by atoms with Crippen molar-refractivity contribution in [2.75, 3.05) is 0 Å². The highest BCUT2D eigenvalue weighted by atomic mass is 15.3. The first kappa shape index (κ1) is 7.92. The van der Waals surface area contributed by atoms with Crippen LogP contribution in [0.4, 0.5) is 0 Å². The lowest BCUT2D eigenvalue weighted by Gasteiger charge is -1.93. The molecular weight excluding hydrogens is 194 g/mol. The van der Waals surface area contributed by atoms with Crippen LogP contribution in [-0.2, 0) is 0 Å². The molecule has 0 unspecified atom stereocenters. The summed E-state index contributed by atoms with van der Waals surface area (Å²) in [6, 6.07) is 3.66. The van der Waals surface area contributed by atoms with Crippen molar-refractivity contribution < 1.29 is 0 Å². The van der Waals surface area contributed by atoms with Crippen LogP contribution in [0.15, 0.2) is 24.5 Å². The van der Waals surface area contributed by atoms with Gasteiger partial charge in [-0.2, -0.15) is 25.6 Å². The third-order valence-electron chi connectivity index (χ3n) is 2.06. The Kier molecular flexibility index (Phi) is 1.61. The summed E-state index contributed by atoms with van der Waals surface area (Å²) in [6.07, 6.45) is 3.33. The average Bonchev–Trinajstić information content (AvgIpc) is 3.01. The van der Waals surface area contributed by atoms with Gasteiger partial charge in [-0.15, -0.1) is 0 Å². The topological polar surface area (TPSA) is 98.9 Å². The molecule has 3 N–H and O–H groups in total. The van der Waals surface area contributed by atoms with Crippen molar-refractivity contribution >= 4 is 0 Å². The predicted octanol–water partition coefficient (Wildman–Crippen LogP) is 0.585. The molecule has 0 fully saturated rings. The van der Waals surface area contributed by atoms with Crippen molar-refractivity contribution in [3.8, 4) is 22.8 Å². The molecule has 0 bridgehead atoms. The minimum Gasteiger partial charge on any atom is -0.276 e. The molecule has 0 saturated carbocycles. The van der Waals surface area contributed by atoms with E-state index in [1.807, 2.05) is 12.1 Å². The Bertz CT molecular complexity index is 485. The zero-order chi connectivity index (χ0) is 10.1. The van der Waals surface area contributed by atoms with Gasteiger partial charge in [-0.3, -0.25) is 10.2 Å². The van der Waals surface area contributed by atoms with E-state index in [2.05, 4.69) is 35.8 Å². The Labute approximate surface area is 83.9 Å². The molecule has 3 rings (SSSR count). The summed E-state index contributed by atoms with van der Waals surface area (Å²) in [5.74, 6) is 0. The second kappa shape index (κ2) is 3.05. The number of H-pyrrole nitrogens is 3. The average molecular weight is 201 g/mol. The molecule has 0 atom stereocenters. The molecule has 3 aromatic heterocycles. The molecule has 7 heteroatoms. The van der Waals surface area contributed by atoms with Crippen LogP contribution in [0.2, 0.25) is 0 Å². The fourth-order valence-electron chi connectivity index (χ4n) is 1.38. The third-order valence-corrected chi connectivity index (χ3v) is 2.06. The highest BCUT2D eigenvalue weighted by Crippen LogP contribution is 2.24. The van der Waals surface area contributed by atoms with E-state index in [-0.39, 0.29) is 0 Å². The minimum absolute atomic E-state index is 0.719. The molecule has 3 aromatic rings. The number of hydrogen-bond donors (Lipinski definition) is 3. The summed E-state index contributed by atoms with van der Waals surface area (Å²) in [4.78, 5) is 0. The van der Waals surface area contributed by atoms with Crippen LogP contribution in [0.1, 0.15) is 0 Å². The Morgan fingerprint density at radius 2 is 1.33 bits per heavy atom. The normalized spacial score (nSPS) is 10.7. The van der Waals surface area contributed by atoms with Gasteiger partial charge in [0.1, 0.15) is 11.4 Å². The first-order chi connectivity index (χ1) is 7.45. The quantitative estimate of drug-likeness (QED) is 0.564. The van der Waals surface area contributed by atoms with Crippen molar-refractivity contribution in [2.24, 2.45) is 0 Å². The van der Waals surface area contributed by atoms with E-state index in [4.69, 9.17) is 0 Å². The van der Waals surface area contributed by atoms with Crippen LogP contribution >= 0.6 is 0 Å². The van der Waals surface area contributed by atoms with Gasteiger partial charge in [-0.1, -0.05) is 0 Å². The van der Waals surface area contributed by atoms with Crippen LogP contribution in [0.25, 0.3) is 22.8 Å². The monoisotopic (exact) mass is 201 g/mol. The van der Waals surface area contributed by atoms with E-state index in [1.165, 1.54) is 0 Å². The molecule has 0 aromatic carbocycles. The van der Waals surface area contributed by atoms with Crippen LogP contribution in [0.3, 0.4) is 0 Å². The maximum absolute atomic E-state index is 4.06. The molecule has 0 amide bonds. The minimum atomic E-state index is 0.719. The lowest BCUT2D eigenvalue weighted by Crippen LogP contribution is -1.84. The third kappa shape index (κ3) is 1.21. The molecule has 0 spiro atoms. The first-order valence-corrected chi connectivity index (χ1v) is 4.35. The first-order valence-electron chi connectivity index (χ1n) is 4.35. The van der Waals surface area contributed by atoms with Gasteiger partial charge in [-0.05, 0) is 12.1 Å². The maximum atomic E-state index is 4.06. The van der Waals surface area contributed by atoms with Gasteiger partial charge in [0.05, 0.1) is 11.4 Å². The molecule has 15 heavy (non-hydrogen) atoms. The van der Waals surface area contributed by atoms with Crippen molar-refractivity contribution in [3.63, 3.8) is 0 Å². The molecule has 0 aliphatic heterocycles. The molecule has 0 aliphatic carbocycles. The summed E-state index contributed by atoms with van der Waals surface area (Å²) in [5.41, 5.74) is 3.07. The SMILES string of the molecule is c1cc(-c2n[nH]nc2-c2ccn[nH]2)[nH]n1. The van der Waals surface area contributed by atoms with Gasteiger partial charge in [0.25, 0.3) is 0 Å². The van der Waals surface area contributed by atoms with Gasteiger partial charge in [0.15, 0.2) is 0 Å².